The minimum atomic E-state index is 0.570. The van der Waals surface area contributed by atoms with Gasteiger partial charge in [-0.1, -0.05) is 0 Å². The molecule has 0 radical (unpaired) electrons. The van der Waals surface area contributed by atoms with E-state index >= 15 is 0 Å². The molecule has 15 heavy (non-hydrogen) atoms. The predicted molar refractivity (Wildman–Crippen MR) is 58.2 cm³/mol. The van der Waals surface area contributed by atoms with Gasteiger partial charge in [-0.25, -0.2) is 4.98 Å². The van der Waals surface area contributed by atoms with Gasteiger partial charge in [-0.15, -0.1) is 0 Å². The topological polar surface area (TPSA) is 56.3 Å². The first kappa shape index (κ1) is 11.7. The van der Waals surface area contributed by atoms with E-state index in [1.807, 2.05) is 13.8 Å². The van der Waals surface area contributed by atoms with Crippen molar-refractivity contribution in [2.45, 2.75) is 13.8 Å². The molecule has 0 aliphatic rings. The molecule has 0 spiro atoms. The van der Waals surface area contributed by atoms with Gasteiger partial charge in [0.05, 0.1) is 13.2 Å². The van der Waals surface area contributed by atoms with Crippen LogP contribution in [0.1, 0.15) is 13.8 Å². The average molecular weight is 211 g/mol. The Hall–Kier alpha value is -1.36. The number of hydrogen-bond acceptors (Lipinski definition) is 5. The molecule has 1 aromatic heterocycles. The van der Waals surface area contributed by atoms with E-state index in [4.69, 9.17) is 9.47 Å². The van der Waals surface area contributed by atoms with Crippen LogP contribution in [-0.4, -0.2) is 36.3 Å². The van der Waals surface area contributed by atoms with E-state index in [1.165, 1.54) is 0 Å². The molecule has 0 saturated carbocycles. The lowest BCUT2D eigenvalue weighted by atomic mass is 10.6. The summed E-state index contributed by atoms with van der Waals surface area (Å²) in [6, 6.07) is 1.73. The van der Waals surface area contributed by atoms with Crippen molar-refractivity contribution in [3.63, 3.8) is 0 Å². The Morgan fingerprint density at radius 3 is 2.93 bits per heavy atom. The Labute approximate surface area is 89.8 Å². The van der Waals surface area contributed by atoms with Crippen molar-refractivity contribution in [2.75, 3.05) is 31.7 Å². The van der Waals surface area contributed by atoms with E-state index in [1.54, 1.807) is 12.3 Å². The normalized spacial score (nSPS) is 10.0. The van der Waals surface area contributed by atoms with E-state index in [-0.39, 0.29) is 0 Å². The lowest BCUT2D eigenvalue weighted by Gasteiger charge is -2.06. The van der Waals surface area contributed by atoms with Gasteiger partial charge in [0.1, 0.15) is 0 Å². The van der Waals surface area contributed by atoms with Gasteiger partial charge in [0, 0.05) is 25.4 Å². The molecule has 0 aliphatic heterocycles. The summed E-state index contributed by atoms with van der Waals surface area (Å²) in [7, 11) is 0. The van der Waals surface area contributed by atoms with Crippen molar-refractivity contribution in [1.82, 2.24) is 9.97 Å². The number of hydrogen-bond donors (Lipinski definition) is 1. The van der Waals surface area contributed by atoms with Crippen molar-refractivity contribution in [2.24, 2.45) is 0 Å². The molecule has 1 aromatic rings. The summed E-state index contributed by atoms with van der Waals surface area (Å²) in [4.78, 5) is 8.22. The fourth-order valence-corrected chi connectivity index (χ4v) is 1.03. The molecule has 1 N–H and O–H groups in total. The Morgan fingerprint density at radius 1 is 1.33 bits per heavy atom. The minimum Gasteiger partial charge on any atom is -0.478 e. The van der Waals surface area contributed by atoms with Crippen LogP contribution in [0.25, 0.3) is 0 Å². The van der Waals surface area contributed by atoms with Gasteiger partial charge in [0.2, 0.25) is 11.8 Å². The Kier molecular flexibility index (Phi) is 5.47. The first-order chi connectivity index (χ1) is 7.36. The van der Waals surface area contributed by atoms with E-state index in [0.717, 1.165) is 6.61 Å². The van der Waals surface area contributed by atoms with Crippen LogP contribution < -0.4 is 10.1 Å². The minimum absolute atomic E-state index is 0.570. The summed E-state index contributed by atoms with van der Waals surface area (Å²) in [6.07, 6.45) is 1.67. The number of anilines is 1. The van der Waals surface area contributed by atoms with Crippen LogP contribution in [0.3, 0.4) is 0 Å². The predicted octanol–water partition coefficient (Wildman–Crippen LogP) is 1.32. The average Bonchev–Trinajstić information content (AvgIpc) is 2.26. The molecule has 0 fully saturated rings. The first-order valence-corrected chi connectivity index (χ1v) is 5.14. The fourth-order valence-electron chi connectivity index (χ4n) is 1.03. The molecule has 1 rings (SSSR count). The molecule has 5 nitrogen and oxygen atoms in total. The molecule has 0 aromatic carbocycles. The number of ether oxygens (including phenoxy) is 2. The summed E-state index contributed by atoms with van der Waals surface area (Å²) >= 11 is 0. The second-order valence-electron chi connectivity index (χ2n) is 2.78. The van der Waals surface area contributed by atoms with Crippen LogP contribution in [0.5, 0.6) is 5.88 Å². The highest BCUT2D eigenvalue weighted by Crippen LogP contribution is 2.07. The zero-order valence-corrected chi connectivity index (χ0v) is 9.19. The smallest absolute Gasteiger partial charge is 0.226 e. The lowest BCUT2D eigenvalue weighted by Crippen LogP contribution is -2.11. The number of rotatable bonds is 7. The van der Waals surface area contributed by atoms with Crippen molar-refractivity contribution in [3.8, 4) is 5.88 Å². The summed E-state index contributed by atoms with van der Waals surface area (Å²) < 4.78 is 10.4. The summed E-state index contributed by atoms with van der Waals surface area (Å²) in [5, 5.41) is 3.05. The van der Waals surface area contributed by atoms with Gasteiger partial charge in [-0.05, 0) is 13.8 Å². The number of nitrogens with zero attached hydrogens (tertiary/aromatic N) is 2. The summed E-state index contributed by atoms with van der Waals surface area (Å²) in [5.74, 6) is 1.16. The fraction of sp³-hybridized carbons (Fsp3) is 0.600. The van der Waals surface area contributed by atoms with Gasteiger partial charge in [-0.3, -0.25) is 0 Å². The molecule has 0 unspecified atom stereocenters. The van der Waals surface area contributed by atoms with Crippen molar-refractivity contribution < 1.29 is 9.47 Å². The Morgan fingerprint density at radius 2 is 2.20 bits per heavy atom. The largest absolute Gasteiger partial charge is 0.478 e. The monoisotopic (exact) mass is 211 g/mol. The van der Waals surface area contributed by atoms with Crippen molar-refractivity contribution in [1.29, 1.82) is 0 Å². The van der Waals surface area contributed by atoms with Gasteiger partial charge in [0.25, 0.3) is 0 Å². The third-order valence-electron chi connectivity index (χ3n) is 1.66. The van der Waals surface area contributed by atoms with Crippen LogP contribution in [0.15, 0.2) is 12.3 Å². The van der Waals surface area contributed by atoms with Crippen LogP contribution in [0.2, 0.25) is 0 Å². The van der Waals surface area contributed by atoms with Crippen molar-refractivity contribution in [3.05, 3.63) is 12.3 Å². The number of nitrogens with one attached hydrogen (secondary N) is 1. The lowest BCUT2D eigenvalue weighted by molar-refractivity contribution is 0.158. The first-order valence-electron chi connectivity index (χ1n) is 5.14. The third kappa shape index (κ3) is 4.60. The maximum Gasteiger partial charge on any atom is 0.226 e. The van der Waals surface area contributed by atoms with Crippen LogP contribution in [-0.2, 0) is 4.74 Å². The van der Waals surface area contributed by atoms with Crippen LogP contribution >= 0.6 is 0 Å². The molecule has 5 heteroatoms. The zero-order valence-electron chi connectivity index (χ0n) is 9.19. The quantitative estimate of drug-likeness (QED) is 0.689. The van der Waals surface area contributed by atoms with E-state index in [2.05, 4.69) is 15.3 Å². The molecule has 0 aliphatic carbocycles. The molecule has 0 amide bonds. The third-order valence-corrected chi connectivity index (χ3v) is 1.66. The van der Waals surface area contributed by atoms with Crippen LogP contribution in [0, 0.1) is 0 Å². The summed E-state index contributed by atoms with van der Waals surface area (Å²) in [5.41, 5.74) is 0. The van der Waals surface area contributed by atoms with Crippen molar-refractivity contribution >= 4 is 5.95 Å². The SMILES string of the molecule is CCOCCNc1nccc(OCC)n1. The molecule has 84 valence electrons. The second-order valence-corrected chi connectivity index (χ2v) is 2.78. The molecule has 0 saturated heterocycles. The Balaban J connectivity index is 2.36. The molecule has 0 atom stereocenters. The van der Waals surface area contributed by atoms with Gasteiger partial charge >= 0.3 is 0 Å². The number of aromatic nitrogens is 2. The standard InChI is InChI=1S/C10H17N3O2/c1-3-14-8-7-12-10-11-6-5-9(13-10)15-4-2/h5-6H,3-4,7-8H2,1-2H3,(H,11,12,13). The van der Waals surface area contributed by atoms with Gasteiger partial charge in [0.15, 0.2) is 0 Å². The van der Waals surface area contributed by atoms with E-state index in [9.17, 15) is 0 Å². The molecule has 0 bridgehead atoms. The second kappa shape index (κ2) is 7.00. The highest BCUT2D eigenvalue weighted by Gasteiger charge is 1.98. The van der Waals surface area contributed by atoms with Crippen LogP contribution in [0.4, 0.5) is 5.95 Å². The Bertz CT molecular complexity index is 281. The highest BCUT2D eigenvalue weighted by atomic mass is 16.5. The molecular weight excluding hydrogens is 194 g/mol. The molecule has 1 heterocycles. The zero-order chi connectivity index (χ0) is 10.9. The highest BCUT2D eigenvalue weighted by molar-refractivity contribution is 5.27. The maximum atomic E-state index is 5.25. The van der Waals surface area contributed by atoms with Gasteiger partial charge in [-0.2, -0.15) is 4.98 Å². The molecular formula is C10H17N3O2. The van der Waals surface area contributed by atoms with E-state index < -0.39 is 0 Å². The maximum absolute atomic E-state index is 5.25. The van der Waals surface area contributed by atoms with E-state index in [0.29, 0.717) is 31.6 Å². The summed E-state index contributed by atoms with van der Waals surface area (Å²) in [6.45, 7) is 6.57. The van der Waals surface area contributed by atoms with Gasteiger partial charge < -0.3 is 14.8 Å².